The van der Waals surface area contributed by atoms with Gasteiger partial charge in [0.05, 0.1) is 0 Å². The summed E-state index contributed by atoms with van der Waals surface area (Å²) >= 11 is 0. The van der Waals surface area contributed by atoms with Gasteiger partial charge in [0.2, 0.25) is 0 Å². The molecule has 2 unspecified atom stereocenters. The van der Waals surface area contributed by atoms with Crippen molar-refractivity contribution in [2.75, 3.05) is 13.2 Å². The van der Waals surface area contributed by atoms with E-state index in [4.69, 9.17) is 9.96 Å². The Hall–Kier alpha value is -1.33. The van der Waals surface area contributed by atoms with E-state index in [2.05, 4.69) is 79.1 Å². The van der Waals surface area contributed by atoms with E-state index in [9.17, 15) is 0 Å². The quantitative estimate of drug-likeness (QED) is 0.297. The average Bonchev–Trinajstić information content (AvgIpc) is 2.55. The molecule has 0 spiro atoms. The number of azide groups is 1. The summed E-state index contributed by atoms with van der Waals surface area (Å²) in [5.41, 5.74) is 10.1. The van der Waals surface area contributed by atoms with Crippen LogP contribution in [0.3, 0.4) is 0 Å². The zero-order valence-electron chi connectivity index (χ0n) is 16.3. The van der Waals surface area contributed by atoms with Gasteiger partial charge in [-0.2, -0.15) is 0 Å². The van der Waals surface area contributed by atoms with Crippen molar-refractivity contribution in [2.45, 2.75) is 70.4 Å². The molecule has 2 atom stereocenters. The Morgan fingerprint density at radius 1 is 1.28 bits per heavy atom. The van der Waals surface area contributed by atoms with Crippen LogP contribution >= 0.6 is 0 Å². The highest BCUT2D eigenvalue weighted by atomic mass is 28.4. The van der Waals surface area contributed by atoms with Crippen LogP contribution in [0.15, 0.2) is 35.4 Å². The van der Waals surface area contributed by atoms with Gasteiger partial charge in [0, 0.05) is 30.1 Å². The fraction of sp³-hybridized carbons (Fsp3) is 0.684. The van der Waals surface area contributed by atoms with Crippen molar-refractivity contribution in [1.29, 1.82) is 0 Å². The van der Waals surface area contributed by atoms with Gasteiger partial charge in [0.15, 0.2) is 8.32 Å². The van der Waals surface area contributed by atoms with Gasteiger partial charge in [0.25, 0.3) is 0 Å². The van der Waals surface area contributed by atoms with Gasteiger partial charge < -0.3 is 4.43 Å². The summed E-state index contributed by atoms with van der Waals surface area (Å²) < 4.78 is 6.49. The van der Waals surface area contributed by atoms with Gasteiger partial charge in [-0.3, -0.25) is 4.90 Å². The van der Waals surface area contributed by atoms with Crippen LogP contribution in [-0.2, 0) is 11.0 Å². The maximum atomic E-state index is 8.79. The fourth-order valence-electron chi connectivity index (χ4n) is 2.98. The maximum Gasteiger partial charge on any atom is 0.192 e. The summed E-state index contributed by atoms with van der Waals surface area (Å²) in [6.45, 7) is 14.0. The Morgan fingerprint density at radius 3 is 2.56 bits per heavy atom. The Balaban J connectivity index is 2.07. The predicted octanol–water partition coefficient (Wildman–Crippen LogP) is 5.35. The van der Waals surface area contributed by atoms with Crippen LogP contribution < -0.4 is 0 Å². The molecule has 5 nitrogen and oxygen atoms in total. The van der Waals surface area contributed by atoms with Crippen LogP contribution in [0.25, 0.3) is 10.4 Å². The van der Waals surface area contributed by atoms with Crippen molar-refractivity contribution in [2.24, 2.45) is 5.11 Å². The number of likely N-dealkylation sites (tertiary alicyclic amines) is 1. The summed E-state index contributed by atoms with van der Waals surface area (Å²) in [5.74, 6) is 0. The second-order valence-electron chi connectivity index (χ2n) is 8.56. The first-order valence-corrected chi connectivity index (χ1v) is 12.1. The van der Waals surface area contributed by atoms with Crippen molar-refractivity contribution >= 4 is 8.32 Å². The summed E-state index contributed by atoms with van der Waals surface area (Å²) in [6.07, 6.45) is 1.80. The molecule has 6 heteroatoms. The summed E-state index contributed by atoms with van der Waals surface area (Å²) in [7, 11) is -1.78. The van der Waals surface area contributed by atoms with E-state index in [1.165, 1.54) is 5.56 Å². The van der Waals surface area contributed by atoms with E-state index in [1.54, 1.807) is 0 Å². The van der Waals surface area contributed by atoms with Crippen molar-refractivity contribution in [1.82, 2.24) is 4.90 Å². The smallest absolute Gasteiger partial charge is 0.192 e. The van der Waals surface area contributed by atoms with Crippen LogP contribution in [0.1, 0.15) is 39.2 Å². The highest BCUT2D eigenvalue weighted by molar-refractivity contribution is 6.74. The average molecular weight is 361 g/mol. The monoisotopic (exact) mass is 360 g/mol. The molecular formula is C19H32N4OSi. The Morgan fingerprint density at radius 2 is 1.96 bits per heavy atom. The normalized spacial score (nSPS) is 22.4. The first kappa shape index (κ1) is 20.0. The summed E-state index contributed by atoms with van der Waals surface area (Å²) in [6, 6.07) is 11.0. The molecule has 0 N–H and O–H groups in total. The number of hydrogen-bond acceptors (Lipinski definition) is 3. The van der Waals surface area contributed by atoms with E-state index in [1.807, 2.05) is 0 Å². The van der Waals surface area contributed by atoms with Crippen LogP contribution in [0.5, 0.6) is 0 Å². The Labute approximate surface area is 153 Å². The van der Waals surface area contributed by atoms with Gasteiger partial charge >= 0.3 is 0 Å². The molecule has 25 heavy (non-hydrogen) atoms. The lowest BCUT2D eigenvalue weighted by Crippen LogP contribution is -2.49. The largest absolute Gasteiger partial charge is 0.415 e. The van der Waals surface area contributed by atoms with E-state index in [0.29, 0.717) is 6.04 Å². The molecule has 0 radical (unpaired) electrons. The fourth-order valence-corrected chi connectivity index (χ4v) is 4.02. The minimum Gasteiger partial charge on any atom is -0.415 e. The zero-order valence-corrected chi connectivity index (χ0v) is 17.3. The minimum absolute atomic E-state index is 0.0880. The second kappa shape index (κ2) is 8.36. The molecule has 1 heterocycles. The molecule has 0 saturated carbocycles. The molecule has 0 aliphatic carbocycles. The molecule has 0 bridgehead atoms. The molecule has 2 rings (SSSR count). The first-order valence-electron chi connectivity index (χ1n) is 9.19. The number of hydrogen-bond donors (Lipinski definition) is 0. The Bertz CT molecular complexity index is 593. The van der Waals surface area contributed by atoms with Crippen molar-refractivity contribution in [3.8, 4) is 0 Å². The topological polar surface area (TPSA) is 61.2 Å². The first-order chi connectivity index (χ1) is 11.7. The van der Waals surface area contributed by atoms with Gasteiger partial charge in [0.1, 0.15) is 0 Å². The highest BCUT2D eigenvalue weighted by Gasteiger charge is 2.38. The van der Waals surface area contributed by atoms with E-state index >= 15 is 0 Å². The highest BCUT2D eigenvalue weighted by Crippen LogP contribution is 2.37. The van der Waals surface area contributed by atoms with Crippen molar-refractivity contribution < 1.29 is 4.43 Å². The zero-order chi connectivity index (χ0) is 18.5. The molecule has 1 aromatic rings. The molecule has 1 aliphatic rings. The van der Waals surface area contributed by atoms with Crippen molar-refractivity contribution in [3.63, 3.8) is 0 Å². The SMILES string of the molecule is CC(C)(C)[Si](C)(C)OCC1CC(N=[N+]=[N-])CCN1Cc1ccccc1. The molecule has 0 aromatic heterocycles. The number of rotatable bonds is 6. The maximum absolute atomic E-state index is 8.79. The van der Waals surface area contributed by atoms with Gasteiger partial charge in [-0.15, -0.1) is 0 Å². The molecule has 1 aliphatic heterocycles. The van der Waals surface area contributed by atoms with Crippen LogP contribution in [0, 0.1) is 0 Å². The standard InChI is InChI=1S/C19H32N4OSi/c1-19(2,3)25(4,5)24-15-18-13-17(21-22-20)11-12-23(18)14-16-9-7-6-8-10-16/h6-10,17-18H,11-15H2,1-5H3. The van der Waals surface area contributed by atoms with E-state index < -0.39 is 8.32 Å². The molecule has 1 aromatic carbocycles. The lowest BCUT2D eigenvalue weighted by Gasteiger charge is -2.42. The summed E-state index contributed by atoms with van der Waals surface area (Å²) in [4.78, 5) is 5.52. The number of piperidine rings is 1. The van der Waals surface area contributed by atoms with Gasteiger partial charge in [-0.1, -0.05) is 56.2 Å². The lowest BCUT2D eigenvalue weighted by atomic mass is 9.97. The molecule has 138 valence electrons. The second-order valence-corrected chi connectivity index (χ2v) is 13.4. The third kappa shape index (κ3) is 5.58. The lowest BCUT2D eigenvalue weighted by molar-refractivity contribution is 0.0795. The number of nitrogens with zero attached hydrogens (tertiary/aromatic N) is 4. The molecule has 1 saturated heterocycles. The third-order valence-electron chi connectivity index (χ3n) is 5.70. The van der Waals surface area contributed by atoms with Gasteiger partial charge in [-0.25, -0.2) is 0 Å². The van der Waals surface area contributed by atoms with Crippen LogP contribution in [0.4, 0.5) is 0 Å². The molecule has 0 amide bonds. The number of benzene rings is 1. The summed E-state index contributed by atoms with van der Waals surface area (Å²) in [5, 5.41) is 4.18. The van der Waals surface area contributed by atoms with Crippen LogP contribution in [-0.4, -0.2) is 38.5 Å². The van der Waals surface area contributed by atoms with Crippen molar-refractivity contribution in [3.05, 3.63) is 46.3 Å². The van der Waals surface area contributed by atoms with E-state index in [0.717, 1.165) is 32.5 Å². The molecule has 1 fully saturated rings. The van der Waals surface area contributed by atoms with E-state index in [-0.39, 0.29) is 11.1 Å². The molecular weight excluding hydrogens is 328 g/mol. The third-order valence-corrected chi connectivity index (χ3v) is 10.2. The van der Waals surface area contributed by atoms with Crippen LogP contribution in [0.2, 0.25) is 18.1 Å². The minimum atomic E-state index is -1.78. The predicted molar refractivity (Wildman–Crippen MR) is 106 cm³/mol. The van der Waals surface area contributed by atoms with Gasteiger partial charge in [-0.05, 0) is 48.6 Å². The Kier molecular flexibility index (Phi) is 6.69.